The van der Waals surface area contributed by atoms with Gasteiger partial charge in [-0.05, 0) is 32.6 Å². The monoisotopic (exact) mass is 375 g/mol. The summed E-state index contributed by atoms with van der Waals surface area (Å²) in [4.78, 5) is 40.1. The Bertz CT molecular complexity index is 823. The lowest BCUT2D eigenvalue weighted by molar-refractivity contribution is -0.126. The highest BCUT2D eigenvalue weighted by Gasteiger charge is 2.27. The van der Waals surface area contributed by atoms with Crippen molar-refractivity contribution in [2.75, 3.05) is 0 Å². The first-order chi connectivity index (χ1) is 12.5. The molecule has 2 heterocycles. The predicted octanol–water partition coefficient (Wildman–Crippen LogP) is 2.01. The molecular formula is C18H21N3O4S. The summed E-state index contributed by atoms with van der Waals surface area (Å²) in [7, 11) is 0. The van der Waals surface area contributed by atoms with Crippen LogP contribution in [0, 0.1) is 12.8 Å². The lowest BCUT2D eigenvalue weighted by Crippen LogP contribution is -2.41. The summed E-state index contributed by atoms with van der Waals surface area (Å²) in [6, 6.07) is 2.52. The van der Waals surface area contributed by atoms with Gasteiger partial charge in [-0.2, -0.15) is 0 Å². The fourth-order valence-electron chi connectivity index (χ4n) is 3.12. The highest BCUT2D eigenvalue weighted by atomic mass is 32.1. The average Bonchev–Trinajstić information content (AvgIpc) is 3.13. The lowest BCUT2D eigenvalue weighted by atomic mass is 9.85. The highest BCUT2D eigenvalue weighted by Crippen LogP contribution is 2.25. The third-order valence-corrected chi connectivity index (χ3v) is 5.11. The van der Waals surface area contributed by atoms with Crippen LogP contribution in [0.25, 0.3) is 0 Å². The zero-order valence-corrected chi connectivity index (χ0v) is 15.3. The molecule has 0 unspecified atom stereocenters. The maximum atomic E-state index is 12.2. The van der Waals surface area contributed by atoms with Crippen molar-refractivity contribution in [1.82, 2.24) is 15.6 Å². The lowest BCUT2D eigenvalue weighted by Gasteiger charge is -2.28. The van der Waals surface area contributed by atoms with Gasteiger partial charge < -0.3 is 15.1 Å². The molecule has 1 aliphatic rings. The third-order valence-electron chi connectivity index (χ3n) is 4.47. The summed E-state index contributed by atoms with van der Waals surface area (Å²) in [5, 5.41) is 7.72. The Morgan fingerprint density at radius 2 is 2.04 bits per heavy atom. The minimum atomic E-state index is -0.387. The number of nitrogens with one attached hydrogen (secondary N) is 2. The number of aromatic nitrogens is 1. The van der Waals surface area contributed by atoms with Gasteiger partial charge in [0.1, 0.15) is 5.76 Å². The van der Waals surface area contributed by atoms with E-state index in [9.17, 15) is 14.4 Å². The molecule has 0 spiro atoms. The molecule has 3 rings (SSSR count). The van der Waals surface area contributed by atoms with E-state index in [2.05, 4.69) is 15.6 Å². The van der Waals surface area contributed by atoms with Gasteiger partial charge in [0.05, 0.1) is 17.7 Å². The Labute approximate surface area is 154 Å². The van der Waals surface area contributed by atoms with Crippen LogP contribution in [0.1, 0.15) is 47.7 Å². The number of thiazole rings is 1. The fourth-order valence-corrected chi connectivity index (χ4v) is 3.68. The first-order valence-electron chi connectivity index (χ1n) is 8.58. The SMILES string of the molecule is Cc1cc(=O)cc(C(=O)NC2CCC(C(=O)NCc3cscn3)CC2)o1. The summed E-state index contributed by atoms with van der Waals surface area (Å²) < 4.78 is 5.31. The number of aryl methyl sites for hydroxylation is 1. The van der Waals surface area contributed by atoms with Gasteiger partial charge in [-0.1, -0.05) is 0 Å². The summed E-state index contributed by atoms with van der Waals surface area (Å²) >= 11 is 1.50. The van der Waals surface area contributed by atoms with E-state index in [1.165, 1.54) is 23.5 Å². The summed E-state index contributed by atoms with van der Waals surface area (Å²) in [6.45, 7) is 2.08. The number of nitrogens with zero attached hydrogens (tertiary/aromatic N) is 1. The quantitative estimate of drug-likeness (QED) is 0.832. The second kappa shape index (κ2) is 8.27. The topological polar surface area (TPSA) is 101 Å². The van der Waals surface area contributed by atoms with E-state index in [-0.39, 0.29) is 35.0 Å². The van der Waals surface area contributed by atoms with Crippen molar-refractivity contribution in [2.45, 2.75) is 45.2 Å². The molecule has 0 saturated heterocycles. The molecule has 1 aliphatic carbocycles. The molecule has 0 aliphatic heterocycles. The van der Waals surface area contributed by atoms with Crippen molar-refractivity contribution >= 4 is 23.2 Å². The fraction of sp³-hybridized carbons (Fsp3) is 0.444. The minimum absolute atomic E-state index is 0.0177. The van der Waals surface area contributed by atoms with Gasteiger partial charge in [-0.15, -0.1) is 11.3 Å². The zero-order chi connectivity index (χ0) is 18.5. The molecule has 0 radical (unpaired) electrons. The molecule has 2 aromatic rings. The van der Waals surface area contributed by atoms with Crippen LogP contribution in [0.4, 0.5) is 0 Å². The number of carbonyl (C=O) groups excluding carboxylic acids is 2. The van der Waals surface area contributed by atoms with Crippen LogP contribution in [-0.4, -0.2) is 22.8 Å². The number of rotatable bonds is 5. The smallest absolute Gasteiger partial charge is 0.287 e. The van der Waals surface area contributed by atoms with E-state index in [0.29, 0.717) is 25.1 Å². The Morgan fingerprint density at radius 1 is 1.27 bits per heavy atom. The van der Waals surface area contributed by atoms with Crippen molar-refractivity contribution in [1.29, 1.82) is 0 Å². The summed E-state index contributed by atoms with van der Waals surface area (Å²) in [5.74, 6) is 0.0367. The molecule has 0 aromatic carbocycles. The molecule has 1 fully saturated rings. The number of hydrogen-bond acceptors (Lipinski definition) is 6. The Hall–Kier alpha value is -2.48. The first kappa shape index (κ1) is 18.3. The molecule has 0 atom stereocenters. The molecule has 2 aromatic heterocycles. The molecule has 2 N–H and O–H groups in total. The molecule has 7 nitrogen and oxygen atoms in total. The second-order valence-electron chi connectivity index (χ2n) is 6.49. The average molecular weight is 375 g/mol. The third kappa shape index (κ3) is 4.78. The normalized spacial score (nSPS) is 19.7. The van der Waals surface area contributed by atoms with Crippen molar-refractivity contribution in [3.05, 3.63) is 50.5 Å². The largest absolute Gasteiger partial charge is 0.456 e. The Morgan fingerprint density at radius 3 is 2.69 bits per heavy atom. The van der Waals surface area contributed by atoms with Crippen molar-refractivity contribution in [2.24, 2.45) is 5.92 Å². The maximum Gasteiger partial charge on any atom is 0.287 e. The van der Waals surface area contributed by atoms with Crippen molar-refractivity contribution < 1.29 is 14.0 Å². The van der Waals surface area contributed by atoms with Crippen molar-refractivity contribution in [3.63, 3.8) is 0 Å². The number of carbonyl (C=O) groups is 2. The predicted molar refractivity (Wildman–Crippen MR) is 96.9 cm³/mol. The van der Waals surface area contributed by atoms with Gasteiger partial charge in [0, 0.05) is 29.5 Å². The van der Waals surface area contributed by atoms with Crippen LogP contribution >= 0.6 is 11.3 Å². The molecule has 1 saturated carbocycles. The first-order valence-corrected chi connectivity index (χ1v) is 9.53. The van der Waals surface area contributed by atoms with Gasteiger partial charge in [0.15, 0.2) is 11.2 Å². The van der Waals surface area contributed by atoms with Crippen LogP contribution in [0.2, 0.25) is 0 Å². The van der Waals surface area contributed by atoms with Gasteiger partial charge in [0.2, 0.25) is 5.91 Å². The molecule has 26 heavy (non-hydrogen) atoms. The van der Waals surface area contributed by atoms with E-state index < -0.39 is 0 Å². The van der Waals surface area contributed by atoms with E-state index in [0.717, 1.165) is 18.5 Å². The van der Waals surface area contributed by atoms with Crippen LogP contribution in [0.3, 0.4) is 0 Å². The molecule has 2 amide bonds. The van der Waals surface area contributed by atoms with E-state index in [4.69, 9.17) is 4.42 Å². The zero-order valence-electron chi connectivity index (χ0n) is 14.5. The second-order valence-corrected chi connectivity index (χ2v) is 7.21. The molecule has 8 heteroatoms. The summed E-state index contributed by atoms with van der Waals surface area (Å²) in [5.41, 5.74) is 2.36. The van der Waals surface area contributed by atoms with Crippen LogP contribution in [0.15, 0.2) is 32.2 Å². The standard InChI is InChI=1S/C18H21N3O4S/c1-11-6-15(22)7-16(25-11)18(24)21-13-4-2-12(3-5-13)17(23)19-8-14-9-26-10-20-14/h6-7,9-10,12-13H,2-5,8H2,1H3,(H,19,23)(H,21,24). The Kier molecular flexibility index (Phi) is 5.82. The van der Waals surface area contributed by atoms with Crippen molar-refractivity contribution in [3.8, 4) is 0 Å². The number of amides is 2. The van der Waals surface area contributed by atoms with E-state index in [1.807, 2.05) is 5.38 Å². The molecule has 0 bridgehead atoms. The Balaban J connectivity index is 1.46. The summed E-state index contributed by atoms with van der Waals surface area (Å²) in [6.07, 6.45) is 2.87. The van der Waals surface area contributed by atoms with Gasteiger partial charge >= 0.3 is 0 Å². The van der Waals surface area contributed by atoms with Gasteiger partial charge in [0.25, 0.3) is 5.91 Å². The molecular weight excluding hydrogens is 354 g/mol. The van der Waals surface area contributed by atoms with E-state index in [1.54, 1.807) is 12.4 Å². The highest BCUT2D eigenvalue weighted by molar-refractivity contribution is 7.07. The maximum absolute atomic E-state index is 12.2. The van der Waals surface area contributed by atoms with Gasteiger partial charge in [-0.3, -0.25) is 14.4 Å². The van der Waals surface area contributed by atoms with Gasteiger partial charge in [-0.25, -0.2) is 4.98 Å². The van der Waals surface area contributed by atoms with Crippen LogP contribution < -0.4 is 16.1 Å². The van der Waals surface area contributed by atoms with Crippen LogP contribution in [-0.2, 0) is 11.3 Å². The van der Waals surface area contributed by atoms with Crippen LogP contribution in [0.5, 0.6) is 0 Å². The number of hydrogen-bond donors (Lipinski definition) is 2. The van der Waals surface area contributed by atoms with E-state index >= 15 is 0 Å². The molecule has 138 valence electrons. The minimum Gasteiger partial charge on any atom is -0.456 e.